The molecule has 2 bridgehead atoms. The zero-order valence-corrected chi connectivity index (χ0v) is 18.3. The van der Waals surface area contributed by atoms with Gasteiger partial charge in [-0.05, 0) is 19.9 Å². The molecule has 2 fully saturated rings. The second-order valence-corrected chi connectivity index (χ2v) is 8.29. The molecule has 0 radical (unpaired) electrons. The van der Waals surface area contributed by atoms with Crippen molar-refractivity contribution in [1.29, 1.82) is 0 Å². The lowest BCUT2D eigenvalue weighted by atomic mass is 9.70. The van der Waals surface area contributed by atoms with Crippen molar-refractivity contribution in [3.63, 3.8) is 0 Å². The number of nitrogens with one attached hydrogen (secondary N) is 1. The first kappa shape index (κ1) is 24.1. The number of halogens is 1. The number of carboxylic acids is 1. The smallest absolute Gasteiger partial charge is 0.310 e. The van der Waals surface area contributed by atoms with Crippen LogP contribution in [0, 0.1) is 5.92 Å². The summed E-state index contributed by atoms with van der Waals surface area (Å²) in [4.78, 5) is 52.5. The summed E-state index contributed by atoms with van der Waals surface area (Å²) in [5.74, 6) is -3.60. The van der Waals surface area contributed by atoms with E-state index in [1.54, 1.807) is 37.4 Å². The van der Waals surface area contributed by atoms with Gasteiger partial charge in [0, 0.05) is 42.9 Å². The van der Waals surface area contributed by atoms with Crippen LogP contribution in [0.2, 0.25) is 0 Å². The van der Waals surface area contributed by atoms with Crippen LogP contribution in [0.1, 0.15) is 23.2 Å². The highest BCUT2D eigenvalue weighted by Gasteiger charge is 2.65. The highest BCUT2D eigenvalue weighted by molar-refractivity contribution is 6.12. The Kier molecular flexibility index (Phi) is 6.85. The first-order chi connectivity index (χ1) is 14.8. The Balaban J connectivity index is 0.00000289. The molecule has 0 saturated carbocycles. The SMILES string of the molecule is CN1[C@@H]2CC[C@H]1C(NCCN1C(=O)C=CC1=O)(C(=O)c1ccccc1)[C@H](O)[C@@H]2C(=O)O.Cl. The number of carbonyl (C=O) groups is 4. The molecule has 1 unspecified atom stereocenters. The number of aliphatic hydroxyl groups excluding tert-OH is 1. The summed E-state index contributed by atoms with van der Waals surface area (Å²) in [5, 5.41) is 24.3. The predicted molar refractivity (Wildman–Crippen MR) is 116 cm³/mol. The summed E-state index contributed by atoms with van der Waals surface area (Å²) >= 11 is 0. The maximum absolute atomic E-state index is 13.8. The van der Waals surface area contributed by atoms with Gasteiger partial charge in [0.15, 0.2) is 5.78 Å². The second kappa shape index (κ2) is 9.11. The minimum Gasteiger partial charge on any atom is -0.481 e. The highest BCUT2D eigenvalue weighted by Crippen LogP contribution is 2.45. The minimum absolute atomic E-state index is 0. The van der Waals surface area contributed by atoms with Gasteiger partial charge in [-0.3, -0.25) is 34.3 Å². The van der Waals surface area contributed by atoms with E-state index in [1.165, 1.54) is 12.2 Å². The van der Waals surface area contributed by atoms with E-state index in [0.29, 0.717) is 18.4 Å². The van der Waals surface area contributed by atoms with Crippen LogP contribution in [0.15, 0.2) is 42.5 Å². The number of rotatable bonds is 7. The number of benzene rings is 1. The molecular formula is C22H26ClN3O6. The van der Waals surface area contributed by atoms with Gasteiger partial charge < -0.3 is 10.2 Å². The lowest BCUT2D eigenvalue weighted by Gasteiger charge is -2.52. The first-order valence-corrected chi connectivity index (χ1v) is 10.3. The van der Waals surface area contributed by atoms with Crippen LogP contribution in [0.4, 0.5) is 0 Å². The van der Waals surface area contributed by atoms with Crippen LogP contribution < -0.4 is 5.32 Å². The summed E-state index contributed by atoms with van der Waals surface area (Å²) < 4.78 is 0. The fraction of sp³-hybridized carbons (Fsp3) is 0.455. The summed E-state index contributed by atoms with van der Waals surface area (Å²) in [7, 11) is 1.77. The van der Waals surface area contributed by atoms with E-state index >= 15 is 0 Å². The summed E-state index contributed by atoms with van der Waals surface area (Å²) in [6.07, 6.45) is 1.97. The number of imide groups is 1. The van der Waals surface area contributed by atoms with Crippen molar-refractivity contribution >= 4 is 36.0 Å². The Labute approximate surface area is 191 Å². The fourth-order valence-corrected chi connectivity index (χ4v) is 5.38. The quantitative estimate of drug-likeness (QED) is 0.383. The number of aliphatic hydroxyl groups is 1. The number of nitrogens with zero attached hydrogens (tertiary/aromatic N) is 2. The van der Waals surface area contributed by atoms with E-state index < -0.39 is 47.2 Å². The van der Waals surface area contributed by atoms with Crippen LogP contribution in [0.5, 0.6) is 0 Å². The summed E-state index contributed by atoms with van der Waals surface area (Å²) in [6.45, 7) is 0.0367. The minimum atomic E-state index is -1.59. The average molecular weight is 464 g/mol. The van der Waals surface area contributed by atoms with Crippen LogP contribution in [-0.2, 0) is 14.4 Å². The van der Waals surface area contributed by atoms with E-state index in [9.17, 15) is 29.4 Å². The van der Waals surface area contributed by atoms with Gasteiger partial charge in [0.25, 0.3) is 11.8 Å². The molecule has 0 aliphatic carbocycles. The molecule has 32 heavy (non-hydrogen) atoms. The largest absolute Gasteiger partial charge is 0.481 e. The number of carbonyl (C=O) groups excluding carboxylic acids is 3. The van der Waals surface area contributed by atoms with Gasteiger partial charge >= 0.3 is 5.97 Å². The van der Waals surface area contributed by atoms with Crippen molar-refractivity contribution in [2.45, 2.75) is 36.6 Å². The van der Waals surface area contributed by atoms with Crippen molar-refractivity contribution in [2.75, 3.05) is 20.1 Å². The van der Waals surface area contributed by atoms with Crippen LogP contribution in [0.3, 0.4) is 0 Å². The number of fused-ring (bicyclic) bond motifs is 2. The van der Waals surface area contributed by atoms with Crippen molar-refractivity contribution in [3.05, 3.63) is 48.0 Å². The molecule has 1 aromatic carbocycles. The predicted octanol–water partition coefficient (Wildman–Crippen LogP) is 0.0826. The van der Waals surface area contributed by atoms with Gasteiger partial charge in [0.2, 0.25) is 0 Å². The van der Waals surface area contributed by atoms with Gasteiger partial charge in [0.1, 0.15) is 11.5 Å². The molecule has 2 amide bonds. The molecule has 3 aliphatic heterocycles. The van der Waals surface area contributed by atoms with Crippen LogP contribution >= 0.6 is 12.4 Å². The number of Topliss-reactive ketones (excluding diaryl/α,β-unsaturated/α-hetero) is 1. The Morgan fingerprint density at radius 2 is 1.75 bits per heavy atom. The molecule has 172 valence electrons. The maximum Gasteiger partial charge on any atom is 0.310 e. The van der Waals surface area contributed by atoms with E-state index in [-0.39, 0.29) is 31.5 Å². The first-order valence-electron chi connectivity index (χ1n) is 10.3. The van der Waals surface area contributed by atoms with Gasteiger partial charge in [-0.25, -0.2) is 0 Å². The zero-order chi connectivity index (χ0) is 22.3. The summed E-state index contributed by atoms with van der Waals surface area (Å²) in [6, 6.07) is 7.64. The van der Waals surface area contributed by atoms with Crippen molar-refractivity contribution < 1.29 is 29.4 Å². The van der Waals surface area contributed by atoms with Gasteiger partial charge in [-0.2, -0.15) is 0 Å². The third-order valence-electron chi connectivity index (χ3n) is 6.85. The van der Waals surface area contributed by atoms with Gasteiger partial charge in [-0.15, -0.1) is 12.4 Å². The molecule has 10 heteroatoms. The van der Waals surface area contributed by atoms with Crippen LogP contribution in [0.25, 0.3) is 0 Å². The van der Waals surface area contributed by atoms with Crippen molar-refractivity contribution in [2.24, 2.45) is 5.92 Å². The van der Waals surface area contributed by atoms with Crippen molar-refractivity contribution in [1.82, 2.24) is 15.1 Å². The maximum atomic E-state index is 13.8. The Morgan fingerprint density at radius 3 is 2.34 bits per heavy atom. The third-order valence-corrected chi connectivity index (χ3v) is 6.85. The van der Waals surface area contributed by atoms with Crippen molar-refractivity contribution in [3.8, 4) is 0 Å². The molecule has 3 heterocycles. The molecule has 4 rings (SSSR count). The molecule has 5 atom stereocenters. The zero-order valence-electron chi connectivity index (χ0n) is 17.5. The van der Waals surface area contributed by atoms with E-state index in [4.69, 9.17) is 0 Å². The van der Waals surface area contributed by atoms with E-state index in [1.807, 2.05) is 4.90 Å². The van der Waals surface area contributed by atoms with Crippen LogP contribution in [-0.4, -0.2) is 87.4 Å². The Bertz CT molecular complexity index is 936. The number of aliphatic carboxylic acids is 1. The second-order valence-electron chi connectivity index (χ2n) is 8.29. The Morgan fingerprint density at radius 1 is 1.12 bits per heavy atom. The number of likely N-dealkylation sites (N-methyl/N-ethyl adjacent to an activating group) is 1. The molecule has 9 nitrogen and oxygen atoms in total. The summed E-state index contributed by atoms with van der Waals surface area (Å²) in [5.41, 5.74) is -1.24. The lowest BCUT2D eigenvalue weighted by Crippen LogP contribution is -2.76. The molecule has 1 aromatic rings. The number of carboxylic acid groups (broad SMARTS) is 1. The van der Waals surface area contributed by atoms with Gasteiger partial charge in [-0.1, -0.05) is 30.3 Å². The molecule has 0 spiro atoms. The molecule has 0 aromatic heterocycles. The van der Waals surface area contributed by atoms with E-state index in [0.717, 1.165) is 4.90 Å². The highest BCUT2D eigenvalue weighted by atomic mass is 35.5. The standard InChI is InChI=1S/C22H25N3O6.ClH/c1-24-14-7-8-15(24)22(20(29)18(14)21(30)31,19(28)13-5-3-2-4-6-13)23-11-12-25-16(26)9-10-17(25)27;/h2-6,9-10,14-15,18,20,23,29H,7-8,11-12H2,1H3,(H,30,31);1H/t14-,15+,18-,20-,22?;/m1./s1. The molecule has 3 aliphatic rings. The third kappa shape index (κ3) is 3.65. The average Bonchev–Trinajstić information content (AvgIpc) is 3.23. The van der Waals surface area contributed by atoms with Gasteiger partial charge in [0.05, 0.1) is 6.10 Å². The fourth-order valence-electron chi connectivity index (χ4n) is 5.38. The topological polar surface area (TPSA) is 127 Å². The number of hydrogen-bond donors (Lipinski definition) is 3. The monoisotopic (exact) mass is 463 g/mol. The molecule has 3 N–H and O–H groups in total. The number of hydrogen-bond acceptors (Lipinski definition) is 7. The van der Waals surface area contributed by atoms with E-state index in [2.05, 4.69) is 5.32 Å². The molecule has 2 saturated heterocycles. The normalized spacial score (nSPS) is 31.6. The number of amides is 2. The lowest BCUT2D eigenvalue weighted by molar-refractivity contribution is -0.157. The number of piperidine rings is 1. The Hall–Kier alpha value is -2.59. The molecular weight excluding hydrogens is 438 g/mol. The number of ketones is 1.